The minimum absolute atomic E-state index is 0.0659. The summed E-state index contributed by atoms with van der Waals surface area (Å²) in [4.78, 5) is 26.4. The Morgan fingerprint density at radius 2 is 2.08 bits per heavy atom. The zero-order chi connectivity index (χ0) is 18.8. The van der Waals surface area contributed by atoms with E-state index in [0.717, 1.165) is 3.57 Å². The third kappa shape index (κ3) is 3.63. The second-order valence-electron chi connectivity index (χ2n) is 5.17. The lowest BCUT2D eigenvalue weighted by Gasteiger charge is -2.13. The van der Waals surface area contributed by atoms with Crippen LogP contribution in [0.5, 0.6) is 0 Å². The number of carboxylic acids is 1. The summed E-state index contributed by atoms with van der Waals surface area (Å²) in [6, 6.07) is 7.55. The molecule has 132 valence electrons. The molecule has 0 atom stereocenters. The first-order chi connectivity index (χ1) is 12.4. The van der Waals surface area contributed by atoms with Crippen LogP contribution in [0.1, 0.15) is 10.4 Å². The molecule has 0 aliphatic rings. The molecule has 8 nitrogen and oxygen atoms in total. The maximum absolute atomic E-state index is 11.7. The van der Waals surface area contributed by atoms with Crippen LogP contribution in [0, 0.1) is 13.7 Å². The summed E-state index contributed by atoms with van der Waals surface area (Å²) in [7, 11) is 0. The number of hydrogen-bond acceptors (Lipinski definition) is 5. The van der Waals surface area contributed by atoms with Crippen molar-refractivity contribution in [3.8, 4) is 5.69 Å². The highest BCUT2D eigenvalue weighted by atomic mass is 127. The van der Waals surface area contributed by atoms with Crippen LogP contribution in [-0.2, 0) is 0 Å². The van der Waals surface area contributed by atoms with Gasteiger partial charge in [0.1, 0.15) is 5.69 Å². The number of carboxylic acid groups (broad SMARTS) is 1. The van der Waals surface area contributed by atoms with Crippen molar-refractivity contribution >= 4 is 57.2 Å². The van der Waals surface area contributed by atoms with Crippen LogP contribution in [0.4, 0.5) is 17.1 Å². The van der Waals surface area contributed by atoms with Crippen molar-refractivity contribution in [1.29, 1.82) is 0 Å². The summed E-state index contributed by atoms with van der Waals surface area (Å²) in [5.41, 5.74) is 0.214. The molecule has 0 saturated carbocycles. The van der Waals surface area contributed by atoms with Gasteiger partial charge in [0.25, 0.3) is 5.69 Å². The number of anilines is 2. The molecule has 26 heavy (non-hydrogen) atoms. The molecule has 0 spiro atoms. The molecule has 2 aromatic carbocycles. The molecule has 0 saturated heterocycles. The van der Waals surface area contributed by atoms with Crippen LogP contribution in [0.25, 0.3) is 5.69 Å². The number of nitro benzene ring substituents is 1. The highest BCUT2D eigenvalue weighted by molar-refractivity contribution is 14.1. The van der Waals surface area contributed by atoms with E-state index in [0.29, 0.717) is 10.7 Å². The van der Waals surface area contributed by atoms with E-state index in [2.05, 4.69) is 32.9 Å². The average Bonchev–Trinajstić information content (AvgIpc) is 3.11. The molecule has 1 aromatic heterocycles. The zero-order valence-corrected chi connectivity index (χ0v) is 15.8. The average molecular weight is 485 g/mol. The topological polar surface area (TPSA) is 110 Å². The third-order valence-corrected chi connectivity index (χ3v) is 4.51. The number of hydrogen-bond donors (Lipinski definition) is 2. The van der Waals surface area contributed by atoms with Gasteiger partial charge in [-0.3, -0.25) is 10.1 Å². The minimum atomic E-state index is -1.23. The van der Waals surface area contributed by atoms with E-state index >= 15 is 0 Å². The van der Waals surface area contributed by atoms with Crippen LogP contribution in [-0.4, -0.2) is 25.6 Å². The van der Waals surface area contributed by atoms with E-state index < -0.39 is 10.9 Å². The van der Waals surface area contributed by atoms with Crippen molar-refractivity contribution in [3.63, 3.8) is 0 Å². The highest BCUT2D eigenvalue weighted by Gasteiger charge is 2.23. The summed E-state index contributed by atoms with van der Waals surface area (Å²) >= 11 is 8.26. The second kappa shape index (κ2) is 7.30. The molecule has 0 aliphatic heterocycles. The Bertz CT molecular complexity index is 1010. The third-order valence-electron chi connectivity index (χ3n) is 3.52. The lowest BCUT2D eigenvalue weighted by molar-refractivity contribution is -0.384. The van der Waals surface area contributed by atoms with Crippen molar-refractivity contribution in [2.45, 2.75) is 0 Å². The van der Waals surface area contributed by atoms with Crippen LogP contribution in [0.15, 0.2) is 49.1 Å². The van der Waals surface area contributed by atoms with Crippen molar-refractivity contribution in [2.75, 3.05) is 5.32 Å². The fourth-order valence-electron chi connectivity index (χ4n) is 2.35. The van der Waals surface area contributed by atoms with Gasteiger partial charge in [-0.15, -0.1) is 0 Å². The maximum atomic E-state index is 11.7. The standard InChI is InChI=1S/C16H10ClIN4O4/c17-11-5-9(18)1-2-12(11)20-13-7-15(22(25)26)14(6-10(13)16(23)24)21-4-3-19-8-21/h1-8,20H,(H,23,24). The minimum Gasteiger partial charge on any atom is -0.478 e. The van der Waals surface area contributed by atoms with E-state index in [-0.39, 0.29) is 22.6 Å². The van der Waals surface area contributed by atoms with Crippen molar-refractivity contribution in [1.82, 2.24) is 9.55 Å². The quantitative estimate of drug-likeness (QED) is 0.314. The number of nitrogens with zero attached hydrogens (tertiary/aromatic N) is 3. The summed E-state index contributed by atoms with van der Waals surface area (Å²) in [5, 5.41) is 24.3. The van der Waals surface area contributed by atoms with Gasteiger partial charge in [0.2, 0.25) is 0 Å². The lowest BCUT2D eigenvalue weighted by Crippen LogP contribution is -2.07. The molecule has 2 N–H and O–H groups in total. The van der Waals surface area contributed by atoms with Crippen molar-refractivity contribution in [3.05, 3.63) is 73.3 Å². The SMILES string of the molecule is O=C(O)c1cc(-n2ccnc2)c([N+](=O)[O-])cc1Nc1ccc(I)cc1Cl. The molecule has 0 aliphatic carbocycles. The van der Waals surface area contributed by atoms with Gasteiger partial charge in [-0.2, -0.15) is 0 Å². The van der Waals surface area contributed by atoms with Gasteiger partial charge >= 0.3 is 5.97 Å². The van der Waals surface area contributed by atoms with Crippen LogP contribution in [0.3, 0.4) is 0 Å². The number of halogens is 2. The number of rotatable bonds is 5. The first kappa shape index (κ1) is 18.1. The number of nitro groups is 1. The van der Waals surface area contributed by atoms with Gasteiger partial charge in [-0.1, -0.05) is 11.6 Å². The molecule has 1 heterocycles. The molecule has 0 bridgehead atoms. The van der Waals surface area contributed by atoms with E-state index in [9.17, 15) is 20.0 Å². The molecule has 0 radical (unpaired) electrons. The Morgan fingerprint density at radius 3 is 2.65 bits per heavy atom. The van der Waals surface area contributed by atoms with E-state index in [1.165, 1.54) is 35.4 Å². The monoisotopic (exact) mass is 484 g/mol. The van der Waals surface area contributed by atoms with Crippen molar-refractivity contribution in [2.24, 2.45) is 0 Å². The Balaban J connectivity index is 2.16. The number of nitrogens with one attached hydrogen (secondary N) is 1. The first-order valence-corrected chi connectivity index (χ1v) is 8.58. The normalized spacial score (nSPS) is 10.5. The molecule has 3 rings (SSSR count). The van der Waals surface area contributed by atoms with Gasteiger partial charge in [-0.05, 0) is 46.9 Å². The summed E-state index contributed by atoms with van der Waals surface area (Å²) in [5.74, 6) is -1.23. The number of imidazole rings is 1. The van der Waals surface area contributed by atoms with Gasteiger partial charge in [0, 0.05) is 22.0 Å². The summed E-state index contributed by atoms with van der Waals surface area (Å²) in [6.07, 6.45) is 4.30. The molecule has 0 fully saturated rings. The van der Waals surface area contributed by atoms with Gasteiger partial charge < -0.3 is 15.0 Å². The van der Waals surface area contributed by atoms with Crippen molar-refractivity contribution < 1.29 is 14.8 Å². The Labute approximate surface area is 165 Å². The highest BCUT2D eigenvalue weighted by Crippen LogP contribution is 2.34. The lowest BCUT2D eigenvalue weighted by atomic mass is 10.1. The van der Waals surface area contributed by atoms with E-state index in [1.54, 1.807) is 18.2 Å². The van der Waals surface area contributed by atoms with Gasteiger partial charge in [0.15, 0.2) is 0 Å². The Hall–Kier alpha value is -2.66. The molecule has 3 aromatic rings. The van der Waals surface area contributed by atoms with Gasteiger partial charge in [-0.25, -0.2) is 9.78 Å². The van der Waals surface area contributed by atoms with Crippen LogP contribution >= 0.6 is 34.2 Å². The Morgan fingerprint density at radius 1 is 1.31 bits per heavy atom. The molecule has 0 unspecified atom stereocenters. The second-order valence-corrected chi connectivity index (χ2v) is 6.82. The molecular formula is C16H10ClIN4O4. The predicted octanol–water partition coefficient (Wildman–Crippen LogP) is 4.48. The smallest absolute Gasteiger partial charge is 0.337 e. The predicted molar refractivity (Wildman–Crippen MR) is 105 cm³/mol. The number of aromatic nitrogens is 2. The fourth-order valence-corrected chi connectivity index (χ4v) is 3.25. The largest absolute Gasteiger partial charge is 0.478 e. The first-order valence-electron chi connectivity index (χ1n) is 7.13. The van der Waals surface area contributed by atoms with E-state index in [1.807, 2.05) is 0 Å². The molecule has 0 amide bonds. The summed E-state index contributed by atoms with van der Waals surface area (Å²) in [6.45, 7) is 0. The molecular weight excluding hydrogens is 475 g/mol. The number of aromatic carboxylic acids is 1. The van der Waals surface area contributed by atoms with E-state index in [4.69, 9.17) is 11.6 Å². The van der Waals surface area contributed by atoms with Crippen LogP contribution < -0.4 is 5.32 Å². The summed E-state index contributed by atoms with van der Waals surface area (Å²) < 4.78 is 2.28. The Kier molecular flexibility index (Phi) is 5.09. The zero-order valence-electron chi connectivity index (χ0n) is 12.9. The number of benzene rings is 2. The maximum Gasteiger partial charge on any atom is 0.337 e. The van der Waals surface area contributed by atoms with Crippen LogP contribution in [0.2, 0.25) is 5.02 Å². The van der Waals surface area contributed by atoms with Gasteiger partial charge in [0.05, 0.1) is 33.2 Å². The fraction of sp³-hybridized carbons (Fsp3) is 0. The number of carbonyl (C=O) groups is 1. The molecule has 10 heteroatoms.